The van der Waals surface area contributed by atoms with Gasteiger partial charge in [0.05, 0.1) is 11.4 Å². The number of benzene rings is 3. The lowest BCUT2D eigenvalue weighted by Crippen LogP contribution is -2.56. The molecule has 0 radical (unpaired) electrons. The number of anilines is 4. The Bertz CT molecular complexity index is 1540. The van der Waals surface area contributed by atoms with Crippen LogP contribution in [0.25, 0.3) is 0 Å². The van der Waals surface area contributed by atoms with Crippen molar-refractivity contribution in [1.82, 2.24) is 5.32 Å². The van der Waals surface area contributed by atoms with E-state index in [1.807, 2.05) is 79.7 Å². The highest BCUT2D eigenvalue weighted by Gasteiger charge is 2.51. The van der Waals surface area contributed by atoms with Crippen LogP contribution >= 0.6 is 0 Å². The highest BCUT2D eigenvalue weighted by atomic mass is 16.6. The third-order valence-electron chi connectivity index (χ3n) is 10.2. The predicted octanol–water partition coefficient (Wildman–Crippen LogP) is 6.53. The summed E-state index contributed by atoms with van der Waals surface area (Å²) in [7, 11) is 3.80. The molecule has 4 aliphatic carbocycles. The van der Waals surface area contributed by atoms with Crippen LogP contribution in [0.15, 0.2) is 78.9 Å². The standard InChI is InChI=1S/C36H40N4O4/c1-38(2)28-11-8-12-29(20-28)44-35(43)37-32-33(41)39(16-15-36-21-24-17-25(22-36)19-26(18-24)23-36)30-13-6-7-14-31(30)40(34(32)42)27-9-4-3-5-10-27/h3-14,20,24-26,32H,15-19,21-23H2,1-2H3,(H,37,43). The van der Waals surface area contributed by atoms with Crippen LogP contribution in [0.3, 0.4) is 0 Å². The van der Waals surface area contributed by atoms with E-state index in [4.69, 9.17) is 4.74 Å². The molecule has 1 heterocycles. The van der Waals surface area contributed by atoms with Crippen LogP contribution in [0, 0.1) is 23.2 Å². The molecular formula is C36H40N4O4. The van der Waals surface area contributed by atoms with Crippen molar-refractivity contribution in [2.75, 3.05) is 35.3 Å². The second-order valence-corrected chi connectivity index (χ2v) is 13.5. The van der Waals surface area contributed by atoms with Gasteiger partial charge in [-0.2, -0.15) is 0 Å². The van der Waals surface area contributed by atoms with Crippen molar-refractivity contribution >= 4 is 40.7 Å². The Morgan fingerprint density at radius 1 is 0.841 bits per heavy atom. The van der Waals surface area contributed by atoms with E-state index in [0.717, 1.165) is 29.9 Å². The summed E-state index contributed by atoms with van der Waals surface area (Å²) in [6.45, 7) is 0.496. The lowest BCUT2D eigenvalue weighted by Gasteiger charge is -2.57. The molecule has 0 spiro atoms. The summed E-state index contributed by atoms with van der Waals surface area (Å²) in [4.78, 5) is 47.3. The van der Waals surface area contributed by atoms with E-state index in [1.165, 1.54) is 38.5 Å². The zero-order valence-corrected chi connectivity index (χ0v) is 25.4. The summed E-state index contributed by atoms with van der Waals surface area (Å²) < 4.78 is 5.61. The van der Waals surface area contributed by atoms with E-state index in [0.29, 0.717) is 29.4 Å². The molecule has 228 valence electrons. The van der Waals surface area contributed by atoms with Crippen LogP contribution in [0.4, 0.5) is 27.5 Å². The molecule has 1 unspecified atom stereocenters. The molecule has 8 rings (SSSR count). The van der Waals surface area contributed by atoms with Gasteiger partial charge in [0.2, 0.25) is 0 Å². The maximum Gasteiger partial charge on any atom is 0.413 e. The molecule has 44 heavy (non-hydrogen) atoms. The highest BCUT2D eigenvalue weighted by Crippen LogP contribution is 2.61. The van der Waals surface area contributed by atoms with Crippen molar-refractivity contribution in [3.63, 3.8) is 0 Å². The molecule has 3 amide bonds. The fourth-order valence-corrected chi connectivity index (χ4v) is 8.73. The van der Waals surface area contributed by atoms with Crippen LogP contribution in [0.2, 0.25) is 0 Å². The molecule has 3 aromatic rings. The quantitative estimate of drug-likeness (QED) is 0.316. The van der Waals surface area contributed by atoms with Crippen LogP contribution in [0.5, 0.6) is 5.75 Å². The van der Waals surface area contributed by atoms with Crippen molar-refractivity contribution < 1.29 is 19.1 Å². The average Bonchev–Trinajstić information content (AvgIpc) is 3.08. The van der Waals surface area contributed by atoms with Gasteiger partial charge in [-0.05, 0) is 105 Å². The number of amides is 3. The van der Waals surface area contributed by atoms with Gasteiger partial charge in [-0.1, -0.05) is 36.4 Å². The number of ether oxygens (including phenoxy) is 1. The number of rotatable bonds is 7. The van der Waals surface area contributed by atoms with E-state index in [1.54, 1.807) is 28.0 Å². The number of fused-ring (bicyclic) bond motifs is 1. The summed E-state index contributed by atoms with van der Waals surface area (Å²) >= 11 is 0. The maximum atomic E-state index is 14.4. The van der Waals surface area contributed by atoms with Gasteiger partial charge in [0.25, 0.3) is 11.8 Å². The third kappa shape index (κ3) is 5.31. The number of nitrogens with one attached hydrogen (secondary N) is 1. The van der Waals surface area contributed by atoms with E-state index in [2.05, 4.69) is 5.32 Å². The lowest BCUT2D eigenvalue weighted by molar-refractivity contribution is -0.128. The molecule has 4 saturated carbocycles. The van der Waals surface area contributed by atoms with Crippen LogP contribution in [-0.4, -0.2) is 44.6 Å². The van der Waals surface area contributed by atoms with Gasteiger partial charge in [0, 0.05) is 38.1 Å². The van der Waals surface area contributed by atoms with E-state index < -0.39 is 23.9 Å². The number of nitrogens with zero attached hydrogens (tertiary/aromatic N) is 3. The molecule has 8 nitrogen and oxygen atoms in total. The molecule has 4 bridgehead atoms. The van der Waals surface area contributed by atoms with Crippen molar-refractivity contribution in [3.05, 3.63) is 78.9 Å². The third-order valence-corrected chi connectivity index (χ3v) is 10.2. The SMILES string of the molecule is CN(C)c1cccc(OC(=O)NC2C(=O)N(CCC34CC5CC(CC(C5)C3)C4)c3ccccc3N(c3ccccc3)C2=O)c1. The van der Waals surface area contributed by atoms with E-state index in [9.17, 15) is 14.4 Å². The molecule has 3 aromatic carbocycles. The first-order valence-electron chi connectivity index (χ1n) is 15.8. The summed E-state index contributed by atoms with van der Waals surface area (Å²) in [5, 5.41) is 2.66. The Labute approximate surface area is 259 Å². The molecule has 0 saturated heterocycles. The van der Waals surface area contributed by atoms with Gasteiger partial charge >= 0.3 is 6.09 Å². The van der Waals surface area contributed by atoms with Crippen LogP contribution < -0.4 is 24.8 Å². The minimum absolute atomic E-state index is 0.249. The van der Waals surface area contributed by atoms with Gasteiger partial charge in [-0.25, -0.2) is 4.79 Å². The molecule has 0 aromatic heterocycles. The molecule has 1 aliphatic heterocycles. The zero-order chi connectivity index (χ0) is 30.4. The Balaban J connectivity index is 1.21. The number of carbonyl (C=O) groups excluding carboxylic acids is 3. The Morgan fingerprint density at radius 2 is 1.48 bits per heavy atom. The number of hydrogen-bond donors (Lipinski definition) is 1. The topological polar surface area (TPSA) is 82.2 Å². The van der Waals surface area contributed by atoms with Gasteiger partial charge in [-0.3, -0.25) is 14.5 Å². The normalized spacial score (nSPS) is 27.1. The first-order chi connectivity index (χ1) is 21.3. The van der Waals surface area contributed by atoms with Gasteiger partial charge in [0.1, 0.15) is 5.75 Å². The van der Waals surface area contributed by atoms with E-state index in [-0.39, 0.29) is 5.41 Å². The molecular weight excluding hydrogens is 552 g/mol. The largest absolute Gasteiger partial charge is 0.413 e. The smallest absolute Gasteiger partial charge is 0.410 e. The first kappa shape index (κ1) is 28.4. The Morgan fingerprint density at radius 3 is 2.14 bits per heavy atom. The van der Waals surface area contributed by atoms with Crippen molar-refractivity contribution in [1.29, 1.82) is 0 Å². The molecule has 1 atom stereocenters. The monoisotopic (exact) mass is 592 g/mol. The average molecular weight is 593 g/mol. The molecule has 5 aliphatic rings. The highest BCUT2D eigenvalue weighted by molar-refractivity contribution is 6.23. The molecule has 1 N–H and O–H groups in total. The van der Waals surface area contributed by atoms with Crippen molar-refractivity contribution in [2.45, 2.75) is 51.0 Å². The Hall–Kier alpha value is -4.33. The summed E-state index contributed by atoms with van der Waals surface area (Å²) in [6.07, 6.45) is 7.81. The number of hydrogen-bond acceptors (Lipinski definition) is 5. The summed E-state index contributed by atoms with van der Waals surface area (Å²) in [6, 6.07) is 22.5. The zero-order valence-electron chi connectivity index (χ0n) is 25.4. The van der Waals surface area contributed by atoms with Gasteiger partial charge in [0.15, 0.2) is 6.04 Å². The van der Waals surface area contributed by atoms with Crippen LogP contribution in [-0.2, 0) is 9.59 Å². The fraction of sp³-hybridized carbons (Fsp3) is 0.417. The van der Waals surface area contributed by atoms with E-state index >= 15 is 0 Å². The molecule has 4 fully saturated rings. The van der Waals surface area contributed by atoms with Gasteiger partial charge in [-0.15, -0.1) is 0 Å². The van der Waals surface area contributed by atoms with Crippen molar-refractivity contribution in [3.8, 4) is 5.75 Å². The second kappa shape index (κ2) is 11.3. The predicted molar refractivity (Wildman–Crippen MR) is 171 cm³/mol. The lowest BCUT2D eigenvalue weighted by atomic mass is 9.49. The van der Waals surface area contributed by atoms with Crippen molar-refractivity contribution in [2.24, 2.45) is 23.2 Å². The van der Waals surface area contributed by atoms with Crippen LogP contribution in [0.1, 0.15) is 44.9 Å². The second-order valence-electron chi connectivity index (χ2n) is 13.5. The number of para-hydroxylation sites is 3. The first-order valence-corrected chi connectivity index (χ1v) is 15.8. The summed E-state index contributed by atoms with van der Waals surface area (Å²) in [5.41, 5.74) is 3.03. The Kier molecular flexibility index (Phi) is 7.31. The minimum atomic E-state index is -1.46. The number of carbonyl (C=O) groups is 3. The summed E-state index contributed by atoms with van der Waals surface area (Å²) in [5.74, 6) is 1.77. The van der Waals surface area contributed by atoms with Gasteiger partial charge < -0.3 is 19.9 Å². The molecule has 8 heteroatoms. The fourth-order valence-electron chi connectivity index (χ4n) is 8.73. The minimum Gasteiger partial charge on any atom is -0.410 e. The maximum absolute atomic E-state index is 14.4.